The number of aliphatic carboxylic acids is 1. The average molecular weight is 440 g/mol. The first-order chi connectivity index (χ1) is 15.1. The van der Waals surface area contributed by atoms with Gasteiger partial charge in [-0.2, -0.15) is 0 Å². The van der Waals surface area contributed by atoms with Gasteiger partial charge in [-0.3, -0.25) is 9.59 Å². The molecule has 1 amide bonds. The first-order valence-electron chi connectivity index (χ1n) is 11.0. The molecule has 0 aliphatic rings. The largest absolute Gasteiger partial charge is 0.481 e. The average Bonchev–Trinajstić information content (AvgIpc) is 2.77. The molecule has 2 aromatic carbocycles. The number of rotatable bonds is 14. The maximum absolute atomic E-state index is 12.3. The third kappa shape index (κ3) is 10.4. The van der Waals surface area contributed by atoms with Crippen LogP contribution in [0.2, 0.25) is 0 Å². The van der Waals surface area contributed by atoms with Crippen molar-refractivity contribution in [3.63, 3.8) is 0 Å². The predicted molar refractivity (Wildman–Crippen MR) is 129 cm³/mol. The molecule has 166 valence electrons. The van der Waals surface area contributed by atoms with E-state index in [1.165, 1.54) is 19.3 Å². The molecule has 2 aromatic rings. The van der Waals surface area contributed by atoms with Gasteiger partial charge in [0, 0.05) is 23.1 Å². The van der Waals surface area contributed by atoms with Gasteiger partial charge in [-0.25, -0.2) is 0 Å². The van der Waals surface area contributed by atoms with Gasteiger partial charge in [0.05, 0.1) is 6.42 Å². The highest BCUT2D eigenvalue weighted by molar-refractivity contribution is 7.99. The highest BCUT2D eigenvalue weighted by Gasteiger charge is 2.16. The van der Waals surface area contributed by atoms with Crippen LogP contribution in [0.15, 0.2) is 71.6 Å². The van der Waals surface area contributed by atoms with Gasteiger partial charge in [-0.1, -0.05) is 80.8 Å². The number of hydrogen-bond donors (Lipinski definition) is 2. The Bertz CT molecular complexity index is 836. The summed E-state index contributed by atoms with van der Waals surface area (Å²) in [6.45, 7) is 2.19. The van der Waals surface area contributed by atoms with Crippen LogP contribution in [0.5, 0.6) is 0 Å². The van der Waals surface area contributed by atoms with Gasteiger partial charge < -0.3 is 10.4 Å². The van der Waals surface area contributed by atoms with Crippen LogP contribution in [0.25, 0.3) is 11.1 Å². The van der Waals surface area contributed by atoms with Crippen LogP contribution in [0.3, 0.4) is 0 Å². The lowest BCUT2D eigenvalue weighted by Gasteiger charge is -2.16. The van der Waals surface area contributed by atoms with E-state index in [1.54, 1.807) is 11.8 Å². The van der Waals surface area contributed by atoms with Gasteiger partial charge in [0.25, 0.3) is 0 Å². The molecule has 0 saturated carbocycles. The zero-order chi connectivity index (χ0) is 22.3. The van der Waals surface area contributed by atoms with E-state index in [0.717, 1.165) is 28.9 Å². The van der Waals surface area contributed by atoms with Crippen molar-refractivity contribution >= 4 is 23.6 Å². The molecule has 0 heterocycles. The third-order valence-corrected chi connectivity index (χ3v) is 6.03. The van der Waals surface area contributed by atoms with E-state index in [9.17, 15) is 14.7 Å². The van der Waals surface area contributed by atoms with Gasteiger partial charge in [0.1, 0.15) is 0 Å². The molecule has 0 aliphatic heterocycles. The zero-order valence-corrected chi connectivity index (χ0v) is 19.1. The molecule has 31 heavy (non-hydrogen) atoms. The summed E-state index contributed by atoms with van der Waals surface area (Å²) in [5.41, 5.74) is 2.26. The number of amides is 1. The Morgan fingerprint density at radius 1 is 1.00 bits per heavy atom. The van der Waals surface area contributed by atoms with E-state index in [2.05, 4.69) is 36.5 Å². The van der Waals surface area contributed by atoms with Crippen LogP contribution in [-0.2, 0) is 9.59 Å². The molecule has 4 nitrogen and oxygen atoms in total. The Morgan fingerprint density at radius 2 is 1.77 bits per heavy atom. The highest BCUT2D eigenvalue weighted by Crippen LogP contribution is 2.26. The van der Waals surface area contributed by atoms with Crippen molar-refractivity contribution in [2.75, 3.05) is 5.75 Å². The molecular formula is C26H33NO3S. The maximum Gasteiger partial charge on any atom is 0.305 e. The fourth-order valence-electron chi connectivity index (χ4n) is 3.24. The van der Waals surface area contributed by atoms with Crippen LogP contribution in [-0.4, -0.2) is 28.8 Å². The second-order valence-corrected chi connectivity index (χ2v) is 8.69. The van der Waals surface area contributed by atoms with Crippen LogP contribution in [0, 0.1) is 0 Å². The summed E-state index contributed by atoms with van der Waals surface area (Å²) in [5, 5.41) is 12.1. The standard InChI is InChI=1S/C26H33NO3S/c1-2-3-4-5-6-7-11-17-25(28)27-23(19-26(29)30)20-31-24-16-12-15-22(18-24)21-13-9-8-10-14-21/h7-16,18,23H,2-6,17,19-20H2,1H3,(H,27,28)(H,29,30)/b11-7+/t23-/m0/s1. The summed E-state index contributed by atoms with van der Waals surface area (Å²) in [7, 11) is 0. The van der Waals surface area contributed by atoms with Crippen molar-refractivity contribution in [2.24, 2.45) is 0 Å². The van der Waals surface area contributed by atoms with Crippen molar-refractivity contribution in [3.8, 4) is 11.1 Å². The zero-order valence-electron chi connectivity index (χ0n) is 18.3. The Balaban J connectivity index is 1.85. The van der Waals surface area contributed by atoms with E-state index < -0.39 is 12.0 Å². The van der Waals surface area contributed by atoms with Crippen LogP contribution >= 0.6 is 11.8 Å². The van der Waals surface area contributed by atoms with E-state index in [-0.39, 0.29) is 18.7 Å². The number of benzene rings is 2. The molecular weight excluding hydrogens is 406 g/mol. The molecule has 0 aliphatic carbocycles. The minimum Gasteiger partial charge on any atom is -0.481 e. The lowest BCUT2D eigenvalue weighted by Crippen LogP contribution is -2.38. The fraction of sp³-hybridized carbons (Fsp3) is 0.385. The van der Waals surface area contributed by atoms with Crippen LogP contribution in [0.1, 0.15) is 51.9 Å². The highest BCUT2D eigenvalue weighted by atomic mass is 32.2. The van der Waals surface area contributed by atoms with E-state index in [1.807, 2.05) is 42.5 Å². The molecule has 0 fully saturated rings. The number of unbranched alkanes of at least 4 members (excludes halogenated alkanes) is 4. The van der Waals surface area contributed by atoms with Gasteiger partial charge in [-0.05, 0) is 36.1 Å². The number of nitrogens with one attached hydrogen (secondary N) is 1. The molecule has 0 saturated heterocycles. The summed E-state index contributed by atoms with van der Waals surface area (Å²) in [6, 6.07) is 17.9. The van der Waals surface area contributed by atoms with Crippen molar-refractivity contribution in [1.82, 2.24) is 5.32 Å². The summed E-state index contributed by atoms with van der Waals surface area (Å²) in [4.78, 5) is 24.6. The van der Waals surface area contributed by atoms with Gasteiger partial charge in [-0.15, -0.1) is 11.8 Å². The summed E-state index contributed by atoms with van der Waals surface area (Å²) in [6.07, 6.45) is 9.95. The summed E-state index contributed by atoms with van der Waals surface area (Å²) >= 11 is 1.56. The van der Waals surface area contributed by atoms with E-state index >= 15 is 0 Å². The lowest BCUT2D eigenvalue weighted by atomic mass is 10.1. The quantitative estimate of drug-likeness (QED) is 0.205. The first-order valence-corrected chi connectivity index (χ1v) is 12.0. The molecule has 0 radical (unpaired) electrons. The second kappa shape index (κ2) is 14.5. The minimum absolute atomic E-state index is 0.0855. The monoisotopic (exact) mass is 439 g/mol. The molecule has 1 atom stereocenters. The third-order valence-electron chi connectivity index (χ3n) is 4.87. The van der Waals surface area contributed by atoms with Crippen molar-refractivity contribution in [3.05, 3.63) is 66.7 Å². The molecule has 0 spiro atoms. The van der Waals surface area contributed by atoms with Crippen molar-refractivity contribution in [2.45, 2.75) is 62.8 Å². The maximum atomic E-state index is 12.3. The van der Waals surface area contributed by atoms with E-state index in [0.29, 0.717) is 5.75 Å². The number of allylic oxidation sites excluding steroid dienone is 1. The van der Waals surface area contributed by atoms with Crippen molar-refractivity contribution in [1.29, 1.82) is 0 Å². The lowest BCUT2D eigenvalue weighted by molar-refractivity contribution is -0.137. The minimum atomic E-state index is -0.907. The molecule has 2 N–H and O–H groups in total. The molecule has 0 bridgehead atoms. The fourth-order valence-corrected chi connectivity index (χ4v) is 4.22. The number of carbonyl (C=O) groups is 2. The van der Waals surface area contributed by atoms with Gasteiger partial charge in [0.2, 0.25) is 5.91 Å². The van der Waals surface area contributed by atoms with Crippen LogP contribution in [0.4, 0.5) is 0 Å². The normalized spacial score (nSPS) is 12.0. The number of thioether (sulfide) groups is 1. The Morgan fingerprint density at radius 3 is 2.52 bits per heavy atom. The first kappa shape index (κ1) is 24.7. The Hall–Kier alpha value is -2.53. The van der Waals surface area contributed by atoms with Gasteiger partial charge in [0.15, 0.2) is 0 Å². The van der Waals surface area contributed by atoms with Crippen molar-refractivity contribution < 1.29 is 14.7 Å². The number of carbonyl (C=O) groups excluding carboxylic acids is 1. The van der Waals surface area contributed by atoms with Crippen LogP contribution < -0.4 is 5.32 Å². The number of hydrogen-bond acceptors (Lipinski definition) is 3. The summed E-state index contributed by atoms with van der Waals surface area (Å²) in [5.74, 6) is -0.526. The Labute approximate surface area is 190 Å². The topological polar surface area (TPSA) is 66.4 Å². The van der Waals surface area contributed by atoms with E-state index in [4.69, 9.17) is 0 Å². The van der Waals surface area contributed by atoms with Gasteiger partial charge >= 0.3 is 5.97 Å². The Kier molecular flexibility index (Phi) is 11.5. The smallest absolute Gasteiger partial charge is 0.305 e. The molecule has 2 rings (SSSR count). The number of carboxylic acids is 1. The molecule has 5 heteroatoms. The SMILES string of the molecule is CCCCCC/C=C/CC(=O)N[C@H](CSc1cccc(-c2ccccc2)c1)CC(=O)O. The molecule has 0 aromatic heterocycles. The second-order valence-electron chi connectivity index (χ2n) is 7.59. The summed E-state index contributed by atoms with van der Waals surface area (Å²) < 4.78 is 0. The predicted octanol–water partition coefficient (Wildman–Crippen LogP) is 6.32. The number of carboxylic acid groups (broad SMARTS) is 1. The molecule has 0 unspecified atom stereocenters.